The van der Waals surface area contributed by atoms with E-state index in [0.717, 1.165) is 22.5 Å². The molecule has 2 N–H and O–H groups in total. The third-order valence-corrected chi connectivity index (χ3v) is 3.60. The second-order valence-corrected chi connectivity index (χ2v) is 5.62. The summed E-state index contributed by atoms with van der Waals surface area (Å²) in [5.41, 5.74) is 4.50. The monoisotopic (exact) mass is 321 g/mol. The summed E-state index contributed by atoms with van der Waals surface area (Å²) < 4.78 is 5.56. The van der Waals surface area contributed by atoms with Gasteiger partial charge in [-0.25, -0.2) is 0 Å². The summed E-state index contributed by atoms with van der Waals surface area (Å²) in [6.07, 6.45) is 0. The molecule has 0 aliphatic carbocycles. The van der Waals surface area contributed by atoms with Crippen molar-refractivity contribution in [3.8, 4) is 17.0 Å². The summed E-state index contributed by atoms with van der Waals surface area (Å²) in [6.45, 7) is 3.87. The highest BCUT2D eigenvalue weighted by Gasteiger charge is 2.07. The van der Waals surface area contributed by atoms with Crippen molar-refractivity contribution >= 4 is 11.6 Å². The smallest absolute Gasteiger partial charge is 0.262 e. The Kier molecular flexibility index (Phi) is 4.61. The zero-order valence-electron chi connectivity index (χ0n) is 13.7. The topological polar surface area (TPSA) is 67.0 Å². The summed E-state index contributed by atoms with van der Waals surface area (Å²) in [7, 11) is 0. The van der Waals surface area contributed by atoms with Crippen molar-refractivity contribution in [3.63, 3.8) is 0 Å². The van der Waals surface area contributed by atoms with E-state index in [1.165, 1.54) is 0 Å². The number of carbonyl (C=O) groups excluding carboxylic acids is 1. The van der Waals surface area contributed by atoms with Gasteiger partial charge in [-0.1, -0.05) is 30.3 Å². The van der Waals surface area contributed by atoms with E-state index in [1.807, 2.05) is 68.4 Å². The van der Waals surface area contributed by atoms with Gasteiger partial charge in [0.1, 0.15) is 5.75 Å². The van der Waals surface area contributed by atoms with Gasteiger partial charge in [0, 0.05) is 16.9 Å². The first kappa shape index (κ1) is 15.8. The number of nitrogens with zero attached hydrogens (tertiary/aromatic N) is 1. The number of hydrogen-bond donors (Lipinski definition) is 2. The van der Waals surface area contributed by atoms with Gasteiger partial charge in [0.25, 0.3) is 5.91 Å². The first-order chi connectivity index (χ1) is 11.6. The van der Waals surface area contributed by atoms with Gasteiger partial charge in [-0.3, -0.25) is 9.89 Å². The first-order valence-corrected chi connectivity index (χ1v) is 7.72. The summed E-state index contributed by atoms with van der Waals surface area (Å²) >= 11 is 0. The Morgan fingerprint density at radius 3 is 2.71 bits per heavy atom. The Morgan fingerprint density at radius 1 is 1.12 bits per heavy atom. The maximum Gasteiger partial charge on any atom is 0.262 e. The molecule has 122 valence electrons. The zero-order valence-corrected chi connectivity index (χ0v) is 13.7. The summed E-state index contributed by atoms with van der Waals surface area (Å²) in [4.78, 5) is 12.1. The van der Waals surface area contributed by atoms with Crippen LogP contribution in [0, 0.1) is 13.8 Å². The Bertz CT molecular complexity index is 855. The fourth-order valence-corrected chi connectivity index (χ4v) is 2.38. The quantitative estimate of drug-likeness (QED) is 0.753. The van der Waals surface area contributed by atoms with Gasteiger partial charge < -0.3 is 10.1 Å². The molecule has 0 fully saturated rings. The highest BCUT2D eigenvalue weighted by molar-refractivity contribution is 5.92. The molecule has 0 bridgehead atoms. The number of aromatic amines is 1. The van der Waals surface area contributed by atoms with Gasteiger partial charge in [0.2, 0.25) is 0 Å². The van der Waals surface area contributed by atoms with E-state index in [-0.39, 0.29) is 12.5 Å². The Morgan fingerprint density at radius 2 is 1.96 bits per heavy atom. The fourth-order valence-electron chi connectivity index (χ4n) is 2.38. The van der Waals surface area contributed by atoms with Gasteiger partial charge in [0.15, 0.2) is 6.61 Å². The predicted molar refractivity (Wildman–Crippen MR) is 94.1 cm³/mol. The molecular weight excluding hydrogens is 302 g/mol. The number of rotatable bonds is 5. The minimum Gasteiger partial charge on any atom is -0.483 e. The molecule has 24 heavy (non-hydrogen) atoms. The number of H-pyrrole nitrogens is 1. The van der Waals surface area contributed by atoms with Crippen molar-refractivity contribution < 1.29 is 9.53 Å². The molecule has 5 nitrogen and oxygen atoms in total. The van der Waals surface area contributed by atoms with Crippen molar-refractivity contribution in [2.75, 3.05) is 11.9 Å². The highest BCUT2D eigenvalue weighted by Crippen LogP contribution is 2.21. The number of ether oxygens (including phenoxy) is 1. The normalized spacial score (nSPS) is 10.4. The van der Waals surface area contributed by atoms with E-state index in [4.69, 9.17) is 4.74 Å². The van der Waals surface area contributed by atoms with Crippen molar-refractivity contribution in [1.82, 2.24) is 10.2 Å². The van der Waals surface area contributed by atoms with Crippen molar-refractivity contribution in [1.29, 1.82) is 0 Å². The average Bonchev–Trinajstić information content (AvgIpc) is 3.01. The van der Waals surface area contributed by atoms with Crippen LogP contribution in [0.15, 0.2) is 54.6 Å². The van der Waals surface area contributed by atoms with Crippen LogP contribution in [0.1, 0.15) is 11.3 Å². The molecule has 0 aliphatic rings. The molecule has 1 amide bonds. The summed E-state index contributed by atoms with van der Waals surface area (Å²) in [6, 6.07) is 17.1. The lowest BCUT2D eigenvalue weighted by atomic mass is 10.1. The van der Waals surface area contributed by atoms with Gasteiger partial charge in [-0.05, 0) is 43.7 Å². The van der Waals surface area contributed by atoms with Crippen LogP contribution >= 0.6 is 0 Å². The number of carbonyl (C=O) groups is 1. The summed E-state index contributed by atoms with van der Waals surface area (Å²) in [5, 5.41) is 9.99. The average molecular weight is 321 g/mol. The number of hydrogen-bond acceptors (Lipinski definition) is 3. The zero-order chi connectivity index (χ0) is 16.9. The molecule has 0 aliphatic heterocycles. The van der Waals surface area contributed by atoms with E-state index < -0.39 is 0 Å². The van der Waals surface area contributed by atoms with Crippen LogP contribution in [-0.4, -0.2) is 22.7 Å². The molecule has 1 aromatic heterocycles. The second-order valence-electron chi connectivity index (χ2n) is 5.62. The molecule has 0 saturated heterocycles. The molecule has 5 heteroatoms. The van der Waals surface area contributed by atoms with Crippen LogP contribution in [0.2, 0.25) is 0 Å². The number of amides is 1. The number of para-hydroxylation sites is 1. The van der Waals surface area contributed by atoms with Crippen molar-refractivity contribution in [3.05, 3.63) is 65.9 Å². The molecule has 2 aromatic carbocycles. The lowest BCUT2D eigenvalue weighted by Crippen LogP contribution is -2.20. The third kappa shape index (κ3) is 3.81. The lowest BCUT2D eigenvalue weighted by molar-refractivity contribution is -0.118. The van der Waals surface area contributed by atoms with Gasteiger partial charge >= 0.3 is 0 Å². The molecule has 1 heterocycles. The van der Waals surface area contributed by atoms with E-state index in [1.54, 1.807) is 0 Å². The first-order valence-electron chi connectivity index (χ1n) is 7.72. The molecule has 0 radical (unpaired) electrons. The molecule has 0 atom stereocenters. The Hall–Kier alpha value is -3.08. The highest BCUT2D eigenvalue weighted by atomic mass is 16.5. The molecule has 0 spiro atoms. The standard InChI is InChI=1S/C19H19N3O2/c1-13-6-3-4-9-18(13)24-12-19(23)20-16-8-5-7-15(11-16)17-10-14(2)21-22-17/h3-11H,12H2,1-2H3,(H,20,23)(H,21,22). The largest absolute Gasteiger partial charge is 0.483 e. The number of nitrogens with one attached hydrogen (secondary N) is 2. The SMILES string of the molecule is Cc1cc(-c2cccc(NC(=O)COc3ccccc3C)c2)n[nH]1. The molecule has 3 rings (SSSR count). The van der Waals surface area contributed by atoms with Crippen molar-refractivity contribution in [2.24, 2.45) is 0 Å². The predicted octanol–water partition coefficient (Wildman–Crippen LogP) is 3.71. The number of aromatic nitrogens is 2. The maximum atomic E-state index is 12.1. The van der Waals surface area contributed by atoms with Crippen LogP contribution in [0.5, 0.6) is 5.75 Å². The Labute approximate surface area is 140 Å². The molecule has 0 saturated carbocycles. The lowest BCUT2D eigenvalue weighted by Gasteiger charge is -2.10. The second kappa shape index (κ2) is 7.00. The molecular formula is C19H19N3O2. The van der Waals surface area contributed by atoms with Crippen LogP contribution in [-0.2, 0) is 4.79 Å². The Balaban J connectivity index is 1.63. The molecule has 3 aromatic rings. The van der Waals surface area contributed by atoms with E-state index in [2.05, 4.69) is 15.5 Å². The van der Waals surface area contributed by atoms with Crippen LogP contribution < -0.4 is 10.1 Å². The third-order valence-electron chi connectivity index (χ3n) is 3.60. The number of benzene rings is 2. The van der Waals surface area contributed by atoms with Gasteiger partial charge in [0.05, 0.1) is 5.69 Å². The maximum absolute atomic E-state index is 12.1. The van der Waals surface area contributed by atoms with Crippen molar-refractivity contribution in [2.45, 2.75) is 13.8 Å². The minimum absolute atomic E-state index is 0.0312. The minimum atomic E-state index is -0.200. The van der Waals surface area contributed by atoms with E-state index >= 15 is 0 Å². The van der Waals surface area contributed by atoms with Gasteiger partial charge in [-0.15, -0.1) is 0 Å². The van der Waals surface area contributed by atoms with Crippen LogP contribution in [0.3, 0.4) is 0 Å². The van der Waals surface area contributed by atoms with Crippen LogP contribution in [0.4, 0.5) is 5.69 Å². The van der Waals surface area contributed by atoms with Gasteiger partial charge in [-0.2, -0.15) is 5.10 Å². The number of anilines is 1. The van der Waals surface area contributed by atoms with Crippen LogP contribution in [0.25, 0.3) is 11.3 Å². The van der Waals surface area contributed by atoms with E-state index in [0.29, 0.717) is 11.4 Å². The fraction of sp³-hybridized carbons (Fsp3) is 0.158. The molecule has 0 unspecified atom stereocenters. The summed E-state index contributed by atoms with van der Waals surface area (Å²) in [5.74, 6) is 0.516. The van der Waals surface area contributed by atoms with E-state index in [9.17, 15) is 4.79 Å². The number of aryl methyl sites for hydroxylation is 2.